The Balaban J connectivity index is 2.23. The van der Waals surface area contributed by atoms with E-state index in [4.69, 9.17) is 5.73 Å². The third-order valence-electron chi connectivity index (χ3n) is 4.15. The molecule has 1 heterocycles. The van der Waals surface area contributed by atoms with Crippen LogP contribution in [0.1, 0.15) is 32.4 Å². The average molecular weight is 265 g/mol. The van der Waals surface area contributed by atoms with Crippen molar-refractivity contribution in [2.75, 3.05) is 31.6 Å². The van der Waals surface area contributed by atoms with Crippen LogP contribution in [0.25, 0.3) is 0 Å². The zero-order valence-corrected chi connectivity index (χ0v) is 12.3. The molecule has 19 heavy (non-hydrogen) atoms. The molecule has 0 saturated carbocycles. The molecule has 2 rings (SSSR count). The minimum atomic E-state index is -0.171. The van der Waals surface area contributed by atoms with Crippen molar-refractivity contribution in [3.05, 3.63) is 29.6 Å². The average Bonchev–Trinajstić information content (AvgIpc) is 2.32. The van der Waals surface area contributed by atoms with Gasteiger partial charge in [-0.05, 0) is 45.5 Å². The topological polar surface area (TPSA) is 32.5 Å². The number of hydrogen-bond donors (Lipinski definition) is 1. The fourth-order valence-corrected chi connectivity index (χ4v) is 2.51. The maximum absolute atomic E-state index is 14.2. The lowest BCUT2D eigenvalue weighted by molar-refractivity contribution is 0.138. The van der Waals surface area contributed by atoms with Crippen molar-refractivity contribution in [1.29, 1.82) is 0 Å². The molecule has 0 amide bonds. The summed E-state index contributed by atoms with van der Waals surface area (Å²) in [5.41, 5.74) is 7.37. The molecule has 2 N–H and O–H groups in total. The second-order valence-electron chi connectivity index (χ2n) is 6.16. The van der Waals surface area contributed by atoms with E-state index in [0.29, 0.717) is 5.69 Å². The van der Waals surface area contributed by atoms with Crippen LogP contribution in [-0.2, 0) is 0 Å². The van der Waals surface area contributed by atoms with Gasteiger partial charge in [0, 0.05) is 31.2 Å². The SMILES string of the molecule is C[C@H](N)c1ccc(N2CCN(C)C(C)(C)C2)c(F)c1. The van der Waals surface area contributed by atoms with Crippen LogP contribution >= 0.6 is 0 Å². The van der Waals surface area contributed by atoms with E-state index < -0.39 is 0 Å². The summed E-state index contributed by atoms with van der Waals surface area (Å²) in [4.78, 5) is 4.44. The van der Waals surface area contributed by atoms with Gasteiger partial charge in [-0.3, -0.25) is 4.90 Å². The molecular weight excluding hydrogens is 241 g/mol. The summed E-state index contributed by atoms with van der Waals surface area (Å²) < 4.78 is 14.2. The zero-order chi connectivity index (χ0) is 14.2. The minimum absolute atomic E-state index is 0.0600. The first-order valence-corrected chi connectivity index (χ1v) is 6.82. The van der Waals surface area contributed by atoms with Crippen LogP contribution in [0.2, 0.25) is 0 Å². The second-order valence-corrected chi connectivity index (χ2v) is 6.16. The van der Waals surface area contributed by atoms with E-state index in [1.165, 1.54) is 0 Å². The van der Waals surface area contributed by atoms with Gasteiger partial charge in [0.15, 0.2) is 0 Å². The Morgan fingerprint density at radius 3 is 2.53 bits per heavy atom. The molecule has 1 atom stereocenters. The van der Waals surface area contributed by atoms with Gasteiger partial charge in [-0.2, -0.15) is 0 Å². The highest BCUT2D eigenvalue weighted by atomic mass is 19.1. The lowest BCUT2D eigenvalue weighted by Gasteiger charge is -2.46. The van der Waals surface area contributed by atoms with Crippen molar-refractivity contribution in [3.63, 3.8) is 0 Å². The van der Waals surface area contributed by atoms with Gasteiger partial charge in [0.25, 0.3) is 0 Å². The van der Waals surface area contributed by atoms with Gasteiger partial charge in [-0.15, -0.1) is 0 Å². The molecule has 1 fully saturated rings. The third-order valence-corrected chi connectivity index (χ3v) is 4.15. The first kappa shape index (κ1) is 14.3. The molecule has 3 nitrogen and oxygen atoms in total. The molecule has 0 aliphatic carbocycles. The van der Waals surface area contributed by atoms with Crippen LogP contribution in [-0.4, -0.2) is 37.1 Å². The summed E-state index contributed by atoms with van der Waals surface area (Å²) in [6.07, 6.45) is 0. The van der Waals surface area contributed by atoms with Gasteiger partial charge in [-0.1, -0.05) is 6.07 Å². The van der Waals surface area contributed by atoms with E-state index in [-0.39, 0.29) is 17.4 Å². The van der Waals surface area contributed by atoms with Crippen LogP contribution in [0.15, 0.2) is 18.2 Å². The van der Waals surface area contributed by atoms with Gasteiger partial charge < -0.3 is 10.6 Å². The van der Waals surface area contributed by atoms with Gasteiger partial charge in [0.2, 0.25) is 0 Å². The van der Waals surface area contributed by atoms with Gasteiger partial charge in [-0.25, -0.2) is 4.39 Å². The molecule has 1 aromatic carbocycles. The molecule has 1 aromatic rings. The van der Waals surface area contributed by atoms with Crippen molar-refractivity contribution in [2.45, 2.75) is 32.4 Å². The molecule has 0 radical (unpaired) electrons. The fourth-order valence-electron chi connectivity index (χ4n) is 2.51. The molecule has 0 spiro atoms. The highest BCUT2D eigenvalue weighted by molar-refractivity contribution is 5.50. The number of rotatable bonds is 2. The van der Waals surface area contributed by atoms with Crippen molar-refractivity contribution in [2.24, 2.45) is 5.73 Å². The largest absolute Gasteiger partial charge is 0.366 e. The minimum Gasteiger partial charge on any atom is -0.366 e. The smallest absolute Gasteiger partial charge is 0.146 e. The summed E-state index contributed by atoms with van der Waals surface area (Å²) >= 11 is 0. The molecule has 1 saturated heterocycles. The van der Waals surface area contributed by atoms with E-state index >= 15 is 0 Å². The van der Waals surface area contributed by atoms with Crippen LogP contribution in [0.5, 0.6) is 0 Å². The normalized spacial score (nSPS) is 21.5. The Hall–Kier alpha value is -1.13. The highest BCUT2D eigenvalue weighted by Gasteiger charge is 2.31. The second kappa shape index (κ2) is 5.10. The number of hydrogen-bond acceptors (Lipinski definition) is 3. The maximum Gasteiger partial charge on any atom is 0.146 e. The number of benzene rings is 1. The summed E-state index contributed by atoms with van der Waals surface area (Å²) in [5, 5.41) is 0. The van der Waals surface area contributed by atoms with Crippen molar-refractivity contribution in [3.8, 4) is 0 Å². The Labute approximate surface area is 115 Å². The monoisotopic (exact) mass is 265 g/mol. The van der Waals surface area contributed by atoms with Crippen LogP contribution < -0.4 is 10.6 Å². The molecule has 1 aliphatic rings. The summed E-state index contributed by atoms with van der Waals surface area (Å²) in [7, 11) is 2.12. The maximum atomic E-state index is 14.2. The number of anilines is 1. The fraction of sp³-hybridized carbons (Fsp3) is 0.600. The first-order chi connectivity index (χ1) is 8.81. The lowest BCUT2D eigenvalue weighted by Crippen LogP contribution is -2.57. The van der Waals surface area contributed by atoms with Crippen LogP contribution in [0.3, 0.4) is 0 Å². The Kier molecular flexibility index (Phi) is 3.83. The third kappa shape index (κ3) is 2.90. The number of likely N-dealkylation sites (N-methyl/N-ethyl adjacent to an activating group) is 1. The van der Waals surface area contributed by atoms with E-state index in [9.17, 15) is 4.39 Å². The summed E-state index contributed by atoms with van der Waals surface area (Å²) in [6.45, 7) is 8.88. The molecule has 106 valence electrons. The Morgan fingerprint density at radius 1 is 1.32 bits per heavy atom. The molecule has 0 bridgehead atoms. The zero-order valence-electron chi connectivity index (χ0n) is 12.3. The van der Waals surface area contributed by atoms with Crippen molar-refractivity contribution in [1.82, 2.24) is 4.90 Å². The molecule has 4 heteroatoms. The highest BCUT2D eigenvalue weighted by Crippen LogP contribution is 2.28. The lowest BCUT2D eigenvalue weighted by atomic mass is 9.98. The van der Waals surface area contributed by atoms with Gasteiger partial charge in [0.1, 0.15) is 5.82 Å². The molecule has 0 unspecified atom stereocenters. The summed E-state index contributed by atoms with van der Waals surface area (Å²) in [5.74, 6) is -0.171. The number of nitrogens with zero attached hydrogens (tertiary/aromatic N) is 2. The molecule has 1 aliphatic heterocycles. The van der Waals surface area contributed by atoms with Gasteiger partial charge >= 0.3 is 0 Å². The number of piperazine rings is 1. The number of nitrogens with two attached hydrogens (primary N) is 1. The van der Waals surface area contributed by atoms with Crippen LogP contribution in [0.4, 0.5) is 10.1 Å². The van der Waals surface area contributed by atoms with Crippen molar-refractivity contribution < 1.29 is 4.39 Å². The Morgan fingerprint density at radius 2 is 2.00 bits per heavy atom. The van der Waals surface area contributed by atoms with Gasteiger partial charge in [0.05, 0.1) is 5.69 Å². The predicted octanol–water partition coefficient (Wildman–Crippen LogP) is 2.38. The predicted molar refractivity (Wildman–Crippen MR) is 77.9 cm³/mol. The quantitative estimate of drug-likeness (QED) is 0.891. The number of halogens is 1. The standard InChI is InChI=1S/C15H24FN3/c1-11(17)12-5-6-14(13(16)9-12)19-8-7-18(4)15(2,3)10-19/h5-6,9,11H,7-8,10,17H2,1-4H3/t11-/m0/s1. The first-order valence-electron chi connectivity index (χ1n) is 6.82. The molecular formula is C15H24FN3. The van der Waals surface area contributed by atoms with E-state index in [1.54, 1.807) is 6.07 Å². The van der Waals surface area contributed by atoms with Crippen molar-refractivity contribution >= 4 is 5.69 Å². The Bertz CT molecular complexity index is 457. The van der Waals surface area contributed by atoms with E-state index in [2.05, 4.69) is 30.7 Å². The van der Waals surface area contributed by atoms with Crippen LogP contribution in [0, 0.1) is 5.82 Å². The van der Waals surface area contributed by atoms with E-state index in [0.717, 1.165) is 25.2 Å². The summed E-state index contributed by atoms with van der Waals surface area (Å²) in [6, 6.07) is 5.21. The molecule has 0 aromatic heterocycles. The van der Waals surface area contributed by atoms with E-state index in [1.807, 2.05) is 19.1 Å².